The van der Waals surface area contributed by atoms with Gasteiger partial charge in [0.1, 0.15) is 0 Å². The summed E-state index contributed by atoms with van der Waals surface area (Å²) in [6.07, 6.45) is 0. The number of nitriles is 1. The minimum atomic E-state index is -0.180. The van der Waals surface area contributed by atoms with Crippen LogP contribution >= 0.6 is 0 Å². The first-order valence-corrected chi connectivity index (χ1v) is 18.0. The van der Waals surface area contributed by atoms with E-state index in [1.54, 1.807) is 0 Å². The van der Waals surface area contributed by atoms with Crippen LogP contribution in [-0.2, 0) is 5.41 Å². The van der Waals surface area contributed by atoms with Crippen LogP contribution in [0, 0.1) is 11.3 Å². The molecule has 8 aromatic rings. The molecule has 0 aliphatic heterocycles. The fourth-order valence-electron chi connectivity index (χ4n) is 7.62. The zero-order valence-electron chi connectivity index (χ0n) is 29.6. The summed E-state index contributed by atoms with van der Waals surface area (Å²) < 4.78 is 0. The number of benzene rings is 7. The molecule has 3 nitrogen and oxygen atoms in total. The Balaban J connectivity index is 1.04. The van der Waals surface area contributed by atoms with E-state index in [2.05, 4.69) is 159 Å². The molecule has 53 heavy (non-hydrogen) atoms. The van der Waals surface area contributed by atoms with Crippen molar-refractivity contribution in [3.05, 3.63) is 193 Å². The van der Waals surface area contributed by atoms with Gasteiger partial charge in [-0.15, -0.1) is 0 Å². The van der Waals surface area contributed by atoms with Crippen LogP contribution in [0.25, 0.3) is 78.4 Å². The normalized spacial score (nSPS) is 12.5. The van der Waals surface area contributed by atoms with Crippen molar-refractivity contribution in [1.29, 1.82) is 5.26 Å². The molecule has 0 unspecified atom stereocenters. The number of aromatic nitrogens is 2. The molecule has 1 aliphatic carbocycles. The van der Waals surface area contributed by atoms with Gasteiger partial charge in [0.05, 0.1) is 23.0 Å². The third-order valence-electron chi connectivity index (χ3n) is 10.6. The SMILES string of the molecule is CC1(C)c2cc(C#N)ccc2-c2ccc(-c3ccc(-c4cccc(-c5cc(-c6ccccc6)nc(-c6ccc(-c7ccccc7)cc6)n5)c4)cc3)cc21. The first kappa shape index (κ1) is 32.0. The summed E-state index contributed by atoms with van der Waals surface area (Å²) in [6.45, 7) is 4.51. The number of fused-ring (bicyclic) bond motifs is 3. The summed E-state index contributed by atoms with van der Waals surface area (Å²) in [6, 6.07) is 63.9. The third-order valence-corrected chi connectivity index (χ3v) is 10.6. The highest BCUT2D eigenvalue weighted by Gasteiger charge is 2.35. The summed E-state index contributed by atoms with van der Waals surface area (Å²) in [7, 11) is 0. The van der Waals surface area contributed by atoms with Gasteiger partial charge in [0.25, 0.3) is 0 Å². The fourth-order valence-corrected chi connectivity index (χ4v) is 7.62. The van der Waals surface area contributed by atoms with Gasteiger partial charge in [0, 0.05) is 22.1 Å². The van der Waals surface area contributed by atoms with Gasteiger partial charge in [-0.05, 0) is 86.0 Å². The number of nitrogens with zero attached hydrogens (tertiary/aromatic N) is 3. The molecule has 0 fully saturated rings. The topological polar surface area (TPSA) is 49.6 Å². The van der Waals surface area contributed by atoms with E-state index in [9.17, 15) is 5.26 Å². The van der Waals surface area contributed by atoms with E-state index in [0.29, 0.717) is 11.4 Å². The van der Waals surface area contributed by atoms with Crippen molar-refractivity contribution >= 4 is 0 Å². The first-order valence-electron chi connectivity index (χ1n) is 18.0. The minimum absolute atomic E-state index is 0.180. The van der Waals surface area contributed by atoms with Gasteiger partial charge >= 0.3 is 0 Å². The maximum Gasteiger partial charge on any atom is 0.160 e. The summed E-state index contributed by atoms with van der Waals surface area (Å²) in [5.74, 6) is 0.696. The Bertz CT molecular complexity index is 2670. The molecule has 0 amide bonds. The second-order valence-electron chi connectivity index (χ2n) is 14.2. The lowest BCUT2D eigenvalue weighted by molar-refractivity contribution is 0.660. The highest BCUT2D eigenvalue weighted by Crippen LogP contribution is 2.50. The zero-order valence-corrected chi connectivity index (χ0v) is 29.6. The largest absolute Gasteiger partial charge is 0.228 e. The van der Waals surface area contributed by atoms with Gasteiger partial charge in [0.2, 0.25) is 0 Å². The Morgan fingerprint density at radius 3 is 1.49 bits per heavy atom. The van der Waals surface area contributed by atoms with Crippen LogP contribution in [0.15, 0.2) is 176 Å². The molecule has 7 aromatic carbocycles. The quantitative estimate of drug-likeness (QED) is 0.176. The first-order chi connectivity index (χ1) is 25.9. The molecule has 1 aliphatic rings. The predicted octanol–water partition coefficient (Wildman–Crippen LogP) is 12.7. The Kier molecular flexibility index (Phi) is 7.87. The third kappa shape index (κ3) is 5.91. The van der Waals surface area contributed by atoms with Crippen molar-refractivity contribution in [3.63, 3.8) is 0 Å². The average molecular weight is 678 g/mol. The monoisotopic (exact) mass is 677 g/mol. The molecule has 0 saturated heterocycles. The molecule has 0 N–H and O–H groups in total. The summed E-state index contributed by atoms with van der Waals surface area (Å²) in [5, 5.41) is 9.52. The van der Waals surface area contributed by atoms with E-state index in [-0.39, 0.29) is 5.41 Å². The standard InChI is InChI=1S/C50H35N3/c1-50(2)45-28-33(32-51)16-26-43(45)44-27-25-41(30-46(44)50)37-19-17-36(18-20-37)40-14-9-15-42(29-40)48-31-47(38-12-7-4-8-13-38)52-49(53-48)39-23-21-35(22-24-39)34-10-5-3-6-11-34/h3-31H,1-2H3. The minimum Gasteiger partial charge on any atom is -0.228 e. The van der Waals surface area contributed by atoms with E-state index in [4.69, 9.17) is 9.97 Å². The molecule has 1 heterocycles. The molecule has 3 heteroatoms. The van der Waals surface area contributed by atoms with E-state index in [0.717, 1.165) is 44.8 Å². The number of rotatable bonds is 6. The molecule has 1 aromatic heterocycles. The van der Waals surface area contributed by atoms with E-state index < -0.39 is 0 Å². The Morgan fingerprint density at radius 2 is 0.849 bits per heavy atom. The van der Waals surface area contributed by atoms with E-state index in [1.807, 2.05) is 36.4 Å². The second-order valence-corrected chi connectivity index (χ2v) is 14.2. The molecule has 0 saturated carbocycles. The highest BCUT2D eigenvalue weighted by atomic mass is 14.9. The van der Waals surface area contributed by atoms with Gasteiger partial charge in [-0.25, -0.2) is 9.97 Å². The molecule has 9 rings (SSSR count). The van der Waals surface area contributed by atoms with E-state index >= 15 is 0 Å². The molecule has 250 valence electrons. The lowest BCUT2D eigenvalue weighted by Crippen LogP contribution is -2.15. The molecule has 0 spiro atoms. The van der Waals surface area contributed by atoms with Crippen molar-refractivity contribution in [2.45, 2.75) is 19.3 Å². The zero-order chi connectivity index (χ0) is 35.9. The average Bonchev–Trinajstić information content (AvgIpc) is 3.46. The van der Waals surface area contributed by atoms with Crippen molar-refractivity contribution in [2.75, 3.05) is 0 Å². The number of hydrogen-bond donors (Lipinski definition) is 0. The van der Waals surface area contributed by atoms with Gasteiger partial charge < -0.3 is 0 Å². The lowest BCUT2D eigenvalue weighted by Gasteiger charge is -2.22. The van der Waals surface area contributed by atoms with Gasteiger partial charge in [-0.3, -0.25) is 0 Å². The molecule has 0 radical (unpaired) electrons. The molecular formula is C50H35N3. The summed E-state index contributed by atoms with van der Waals surface area (Å²) in [5.41, 5.74) is 17.3. The van der Waals surface area contributed by atoms with Crippen LogP contribution in [0.2, 0.25) is 0 Å². The van der Waals surface area contributed by atoms with Crippen LogP contribution in [0.1, 0.15) is 30.5 Å². The Labute approximate surface area is 310 Å². The maximum atomic E-state index is 9.52. The summed E-state index contributed by atoms with van der Waals surface area (Å²) >= 11 is 0. The smallest absolute Gasteiger partial charge is 0.160 e. The molecule has 0 bridgehead atoms. The van der Waals surface area contributed by atoms with Crippen LogP contribution < -0.4 is 0 Å². The van der Waals surface area contributed by atoms with Crippen LogP contribution in [0.5, 0.6) is 0 Å². The van der Waals surface area contributed by atoms with Crippen molar-refractivity contribution in [1.82, 2.24) is 9.97 Å². The predicted molar refractivity (Wildman–Crippen MR) is 217 cm³/mol. The fraction of sp³-hybridized carbons (Fsp3) is 0.0600. The van der Waals surface area contributed by atoms with Crippen LogP contribution in [-0.4, -0.2) is 9.97 Å². The summed E-state index contributed by atoms with van der Waals surface area (Å²) in [4.78, 5) is 10.2. The number of hydrogen-bond acceptors (Lipinski definition) is 3. The van der Waals surface area contributed by atoms with Crippen molar-refractivity contribution in [3.8, 4) is 84.5 Å². The Morgan fingerprint density at radius 1 is 0.396 bits per heavy atom. The van der Waals surface area contributed by atoms with Crippen molar-refractivity contribution in [2.24, 2.45) is 0 Å². The van der Waals surface area contributed by atoms with Crippen LogP contribution in [0.4, 0.5) is 0 Å². The lowest BCUT2D eigenvalue weighted by atomic mass is 9.81. The Hall–Kier alpha value is -6.89. The van der Waals surface area contributed by atoms with Crippen molar-refractivity contribution < 1.29 is 0 Å². The maximum absolute atomic E-state index is 9.52. The second kappa shape index (κ2) is 13.0. The van der Waals surface area contributed by atoms with Gasteiger partial charge in [-0.1, -0.05) is 159 Å². The van der Waals surface area contributed by atoms with Crippen LogP contribution in [0.3, 0.4) is 0 Å². The van der Waals surface area contributed by atoms with E-state index in [1.165, 1.54) is 38.9 Å². The van der Waals surface area contributed by atoms with Gasteiger partial charge in [-0.2, -0.15) is 5.26 Å². The molecular weight excluding hydrogens is 643 g/mol. The highest BCUT2D eigenvalue weighted by molar-refractivity contribution is 5.85. The van der Waals surface area contributed by atoms with Gasteiger partial charge in [0.15, 0.2) is 5.82 Å². The molecule has 0 atom stereocenters.